The Balaban J connectivity index is 1.66. The van der Waals surface area contributed by atoms with E-state index < -0.39 is 0 Å². The third-order valence-electron chi connectivity index (χ3n) is 3.97. The summed E-state index contributed by atoms with van der Waals surface area (Å²) >= 11 is 6.16. The van der Waals surface area contributed by atoms with E-state index in [1.807, 2.05) is 30.3 Å². The second kappa shape index (κ2) is 8.45. The molecule has 0 aliphatic carbocycles. The van der Waals surface area contributed by atoms with Crippen LogP contribution in [0.15, 0.2) is 67.3 Å². The number of anilines is 2. The lowest BCUT2D eigenvalue weighted by Gasteiger charge is -2.17. The summed E-state index contributed by atoms with van der Waals surface area (Å²) in [5, 5.41) is 3.80. The molecule has 1 amide bonds. The number of amides is 1. The van der Waals surface area contributed by atoms with E-state index in [9.17, 15) is 4.79 Å². The zero-order valence-corrected chi connectivity index (χ0v) is 15.1. The fourth-order valence-electron chi connectivity index (χ4n) is 2.51. The number of para-hydroxylation sites is 1. The normalized spacial score (nSPS) is 10.4. The third kappa shape index (κ3) is 4.58. The summed E-state index contributed by atoms with van der Waals surface area (Å²) < 4.78 is 0. The Kier molecular flexibility index (Phi) is 5.81. The predicted octanol–water partition coefficient (Wildman–Crippen LogP) is 4.19. The van der Waals surface area contributed by atoms with E-state index in [0.717, 1.165) is 17.7 Å². The van der Waals surface area contributed by atoms with Gasteiger partial charge in [-0.3, -0.25) is 14.8 Å². The smallest absolute Gasteiger partial charge is 0.255 e. The topological polar surface area (TPSA) is 58.1 Å². The highest BCUT2D eigenvalue weighted by Crippen LogP contribution is 2.24. The standard InChI is InChI=1S/C20H19ClN4O/c1-25(11-8-15-6-9-22-10-7-15)20(26)16-12-17(14-23-13-16)24-19-5-3-2-4-18(19)21/h2-7,9-10,12-14,24H,8,11H2,1H3. The average molecular weight is 367 g/mol. The number of rotatable bonds is 6. The molecule has 0 aliphatic rings. The quantitative estimate of drug-likeness (QED) is 0.710. The van der Waals surface area contributed by atoms with Crippen LogP contribution < -0.4 is 5.32 Å². The minimum absolute atomic E-state index is 0.0747. The maximum Gasteiger partial charge on any atom is 0.255 e. The van der Waals surface area contributed by atoms with Crippen LogP contribution in [-0.2, 0) is 6.42 Å². The summed E-state index contributed by atoms with van der Waals surface area (Å²) in [6, 6.07) is 13.1. The van der Waals surface area contributed by atoms with Crippen LogP contribution in [-0.4, -0.2) is 34.4 Å². The van der Waals surface area contributed by atoms with Crippen LogP contribution in [0.2, 0.25) is 5.02 Å². The van der Waals surface area contributed by atoms with Crippen LogP contribution in [0.5, 0.6) is 0 Å². The van der Waals surface area contributed by atoms with Gasteiger partial charge in [-0.1, -0.05) is 23.7 Å². The molecule has 6 heteroatoms. The molecule has 0 atom stereocenters. The van der Waals surface area contributed by atoms with Crippen LogP contribution in [0.3, 0.4) is 0 Å². The first-order valence-corrected chi connectivity index (χ1v) is 8.62. The van der Waals surface area contributed by atoms with E-state index in [1.54, 1.807) is 48.9 Å². The van der Waals surface area contributed by atoms with Gasteiger partial charge in [-0.05, 0) is 42.3 Å². The SMILES string of the molecule is CN(CCc1ccncc1)C(=O)c1cncc(Nc2ccccc2Cl)c1. The number of hydrogen-bond donors (Lipinski definition) is 1. The average Bonchev–Trinajstić information content (AvgIpc) is 2.68. The van der Waals surface area contributed by atoms with Crippen molar-refractivity contribution in [3.63, 3.8) is 0 Å². The maximum atomic E-state index is 12.7. The molecule has 26 heavy (non-hydrogen) atoms. The van der Waals surface area contributed by atoms with Gasteiger partial charge in [0.15, 0.2) is 0 Å². The van der Waals surface area contributed by atoms with Crippen LogP contribution in [0.4, 0.5) is 11.4 Å². The number of halogens is 1. The lowest BCUT2D eigenvalue weighted by Crippen LogP contribution is -2.29. The van der Waals surface area contributed by atoms with Gasteiger partial charge in [0, 0.05) is 32.2 Å². The van der Waals surface area contributed by atoms with Gasteiger partial charge in [0.2, 0.25) is 0 Å². The fourth-order valence-corrected chi connectivity index (χ4v) is 2.69. The molecule has 0 aliphatic heterocycles. The molecule has 0 bridgehead atoms. The zero-order valence-electron chi connectivity index (χ0n) is 14.4. The summed E-state index contributed by atoms with van der Waals surface area (Å²) in [6.45, 7) is 0.616. The number of benzene rings is 1. The van der Waals surface area contributed by atoms with Gasteiger partial charge in [-0.25, -0.2) is 0 Å². The Bertz CT molecular complexity index is 886. The highest BCUT2D eigenvalue weighted by molar-refractivity contribution is 6.33. The first-order valence-electron chi connectivity index (χ1n) is 8.24. The molecule has 2 heterocycles. The molecular weight excluding hydrogens is 348 g/mol. The zero-order chi connectivity index (χ0) is 18.4. The molecular formula is C20H19ClN4O. The summed E-state index contributed by atoms with van der Waals surface area (Å²) in [5.74, 6) is -0.0747. The van der Waals surface area contributed by atoms with Gasteiger partial charge < -0.3 is 10.2 Å². The summed E-state index contributed by atoms with van der Waals surface area (Å²) in [5.41, 5.74) is 3.16. The van der Waals surface area contributed by atoms with Gasteiger partial charge in [-0.2, -0.15) is 0 Å². The molecule has 0 fully saturated rings. The van der Waals surface area contributed by atoms with Gasteiger partial charge in [0.25, 0.3) is 5.91 Å². The second-order valence-electron chi connectivity index (χ2n) is 5.90. The molecule has 1 N–H and O–H groups in total. The van der Waals surface area contributed by atoms with E-state index in [0.29, 0.717) is 22.8 Å². The Hall–Kier alpha value is -2.92. The number of hydrogen-bond acceptors (Lipinski definition) is 4. The van der Waals surface area contributed by atoms with Crippen molar-refractivity contribution in [3.05, 3.63) is 83.4 Å². The van der Waals surface area contributed by atoms with Crippen molar-refractivity contribution in [2.24, 2.45) is 0 Å². The van der Waals surface area contributed by atoms with Crippen molar-refractivity contribution in [3.8, 4) is 0 Å². The number of carbonyl (C=O) groups excluding carboxylic acids is 1. The van der Waals surface area contributed by atoms with Crippen molar-refractivity contribution in [1.82, 2.24) is 14.9 Å². The minimum Gasteiger partial charge on any atom is -0.353 e. The molecule has 0 saturated heterocycles. The van der Waals surface area contributed by atoms with Crippen molar-refractivity contribution in [1.29, 1.82) is 0 Å². The number of carbonyl (C=O) groups is 1. The Morgan fingerprint density at radius 1 is 1.12 bits per heavy atom. The van der Waals surface area contributed by atoms with Crippen molar-refractivity contribution < 1.29 is 4.79 Å². The van der Waals surface area contributed by atoms with Gasteiger partial charge in [0.05, 0.1) is 28.2 Å². The first-order chi connectivity index (χ1) is 12.6. The lowest BCUT2D eigenvalue weighted by atomic mass is 10.2. The Labute approximate surface area is 157 Å². The number of nitrogens with one attached hydrogen (secondary N) is 1. The molecule has 0 unspecified atom stereocenters. The molecule has 0 radical (unpaired) electrons. The molecule has 5 nitrogen and oxygen atoms in total. The largest absolute Gasteiger partial charge is 0.353 e. The summed E-state index contributed by atoms with van der Waals surface area (Å²) in [7, 11) is 1.79. The van der Waals surface area contributed by atoms with Gasteiger partial charge in [0.1, 0.15) is 0 Å². The number of pyridine rings is 2. The van der Waals surface area contributed by atoms with Crippen LogP contribution in [0.1, 0.15) is 15.9 Å². The predicted molar refractivity (Wildman–Crippen MR) is 104 cm³/mol. The minimum atomic E-state index is -0.0747. The molecule has 132 valence electrons. The highest BCUT2D eigenvalue weighted by Gasteiger charge is 2.13. The second-order valence-corrected chi connectivity index (χ2v) is 6.31. The monoisotopic (exact) mass is 366 g/mol. The Morgan fingerprint density at radius 3 is 2.65 bits per heavy atom. The van der Waals surface area contributed by atoms with Crippen molar-refractivity contribution in [2.75, 3.05) is 18.9 Å². The lowest BCUT2D eigenvalue weighted by molar-refractivity contribution is 0.0796. The molecule has 3 rings (SSSR count). The summed E-state index contributed by atoms with van der Waals surface area (Å²) in [6.07, 6.45) is 7.52. The molecule has 2 aromatic heterocycles. The van der Waals surface area contributed by atoms with E-state index in [-0.39, 0.29) is 5.91 Å². The number of nitrogens with zero attached hydrogens (tertiary/aromatic N) is 3. The Morgan fingerprint density at radius 2 is 1.88 bits per heavy atom. The van der Waals surface area contributed by atoms with Crippen LogP contribution in [0.25, 0.3) is 0 Å². The molecule has 0 saturated carbocycles. The van der Waals surface area contributed by atoms with Crippen molar-refractivity contribution in [2.45, 2.75) is 6.42 Å². The van der Waals surface area contributed by atoms with E-state index in [1.165, 1.54) is 0 Å². The molecule has 1 aromatic carbocycles. The maximum absolute atomic E-state index is 12.7. The van der Waals surface area contributed by atoms with Crippen LogP contribution >= 0.6 is 11.6 Å². The number of likely N-dealkylation sites (N-methyl/N-ethyl adjacent to an activating group) is 1. The van der Waals surface area contributed by atoms with E-state index in [2.05, 4.69) is 15.3 Å². The first kappa shape index (κ1) is 17.9. The molecule has 3 aromatic rings. The van der Waals surface area contributed by atoms with E-state index >= 15 is 0 Å². The van der Waals surface area contributed by atoms with Crippen LogP contribution in [0, 0.1) is 0 Å². The third-order valence-corrected chi connectivity index (χ3v) is 4.30. The van der Waals surface area contributed by atoms with Gasteiger partial charge >= 0.3 is 0 Å². The fraction of sp³-hybridized carbons (Fsp3) is 0.150. The van der Waals surface area contributed by atoms with Crippen molar-refractivity contribution >= 4 is 28.9 Å². The highest BCUT2D eigenvalue weighted by atomic mass is 35.5. The summed E-state index contributed by atoms with van der Waals surface area (Å²) in [4.78, 5) is 22.5. The number of aromatic nitrogens is 2. The van der Waals surface area contributed by atoms with Gasteiger partial charge in [-0.15, -0.1) is 0 Å². The molecule has 0 spiro atoms. The van der Waals surface area contributed by atoms with E-state index in [4.69, 9.17) is 11.6 Å².